The number of pyridine rings is 1. The summed E-state index contributed by atoms with van der Waals surface area (Å²) in [5, 5.41) is 20.4. The number of carboxylic acids is 1. The average molecular weight is 235 g/mol. The van der Waals surface area contributed by atoms with Gasteiger partial charge in [0.2, 0.25) is 0 Å². The molecule has 1 unspecified atom stereocenters. The van der Waals surface area contributed by atoms with Gasteiger partial charge in [-0.15, -0.1) is 0 Å². The van der Waals surface area contributed by atoms with Gasteiger partial charge in [-0.1, -0.05) is 0 Å². The fourth-order valence-electron chi connectivity index (χ4n) is 1.29. The van der Waals surface area contributed by atoms with E-state index in [2.05, 4.69) is 10.3 Å². The lowest BCUT2D eigenvalue weighted by molar-refractivity contribution is -0.139. The summed E-state index contributed by atoms with van der Waals surface area (Å²) >= 11 is 0. The SMILES string of the molecule is COC(CNc1cnccc1C#N)CC(=O)O. The highest BCUT2D eigenvalue weighted by Gasteiger charge is 2.12. The molecule has 6 heteroatoms. The Morgan fingerprint density at radius 1 is 1.76 bits per heavy atom. The lowest BCUT2D eigenvalue weighted by Gasteiger charge is -2.15. The number of ether oxygens (including phenoxy) is 1. The number of nitrogens with one attached hydrogen (secondary N) is 1. The van der Waals surface area contributed by atoms with Gasteiger partial charge in [0.05, 0.1) is 30.0 Å². The van der Waals surface area contributed by atoms with Gasteiger partial charge in [0, 0.05) is 19.9 Å². The molecule has 17 heavy (non-hydrogen) atoms. The molecule has 1 aromatic rings. The van der Waals surface area contributed by atoms with Crippen molar-refractivity contribution in [2.75, 3.05) is 19.0 Å². The molecule has 0 saturated heterocycles. The van der Waals surface area contributed by atoms with Crippen LogP contribution in [0.2, 0.25) is 0 Å². The standard InChI is InChI=1S/C11H13N3O3/c1-17-9(4-11(15)16)6-14-10-7-13-3-2-8(10)5-12/h2-3,7,9,14H,4,6H2,1H3,(H,15,16). The van der Waals surface area contributed by atoms with Gasteiger partial charge in [0.25, 0.3) is 0 Å². The summed E-state index contributed by atoms with van der Waals surface area (Å²) in [6.45, 7) is 0.309. The highest BCUT2D eigenvalue weighted by atomic mass is 16.5. The second-order valence-electron chi connectivity index (χ2n) is 3.37. The summed E-state index contributed by atoms with van der Waals surface area (Å²) in [6.07, 6.45) is 2.51. The summed E-state index contributed by atoms with van der Waals surface area (Å²) in [5.74, 6) is -0.926. The van der Waals surface area contributed by atoms with E-state index >= 15 is 0 Å². The van der Waals surface area contributed by atoms with Crippen LogP contribution in [0.15, 0.2) is 18.5 Å². The van der Waals surface area contributed by atoms with Crippen LogP contribution in [0, 0.1) is 11.3 Å². The zero-order valence-electron chi connectivity index (χ0n) is 9.38. The molecule has 0 aromatic carbocycles. The molecule has 1 heterocycles. The van der Waals surface area contributed by atoms with Crippen LogP contribution in [0.25, 0.3) is 0 Å². The molecule has 2 N–H and O–H groups in total. The number of hydrogen-bond donors (Lipinski definition) is 2. The summed E-state index contributed by atoms with van der Waals surface area (Å²) in [6, 6.07) is 3.60. The molecule has 0 radical (unpaired) electrons. The number of carboxylic acid groups (broad SMARTS) is 1. The number of nitriles is 1. The molecule has 1 atom stereocenters. The molecule has 0 fully saturated rings. The molecule has 0 aliphatic carbocycles. The van der Waals surface area contributed by atoms with Crippen molar-refractivity contribution in [3.05, 3.63) is 24.0 Å². The van der Waals surface area contributed by atoms with E-state index in [1.807, 2.05) is 6.07 Å². The van der Waals surface area contributed by atoms with Gasteiger partial charge >= 0.3 is 5.97 Å². The molecule has 0 amide bonds. The van der Waals surface area contributed by atoms with Gasteiger partial charge in [-0.2, -0.15) is 5.26 Å². The van der Waals surface area contributed by atoms with Crippen molar-refractivity contribution in [3.8, 4) is 6.07 Å². The Kier molecular flexibility index (Phi) is 4.91. The van der Waals surface area contributed by atoms with Crippen LogP contribution < -0.4 is 5.32 Å². The molecular weight excluding hydrogens is 222 g/mol. The molecule has 0 aliphatic heterocycles. The first-order valence-corrected chi connectivity index (χ1v) is 5.00. The monoisotopic (exact) mass is 235 g/mol. The number of hydrogen-bond acceptors (Lipinski definition) is 5. The first-order valence-electron chi connectivity index (χ1n) is 5.00. The van der Waals surface area contributed by atoms with Crippen LogP contribution in [0.3, 0.4) is 0 Å². The van der Waals surface area contributed by atoms with Crippen LogP contribution >= 0.6 is 0 Å². The number of anilines is 1. The zero-order chi connectivity index (χ0) is 12.7. The lowest BCUT2D eigenvalue weighted by Crippen LogP contribution is -2.25. The summed E-state index contributed by atoms with van der Waals surface area (Å²) in [4.78, 5) is 14.4. The first-order chi connectivity index (χ1) is 8.17. The van der Waals surface area contributed by atoms with E-state index in [0.717, 1.165) is 0 Å². The summed E-state index contributed by atoms with van der Waals surface area (Å²) in [5.41, 5.74) is 1.03. The third kappa shape index (κ3) is 4.09. The Bertz CT molecular complexity index is 428. The second-order valence-corrected chi connectivity index (χ2v) is 3.37. The van der Waals surface area contributed by atoms with E-state index in [1.54, 1.807) is 6.07 Å². The Morgan fingerprint density at radius 2 is 2.53 bits per heavy atom. The lowest BCUT2D eigenvalue weighted by atomic mass is 10.2. The van der Waals surface area contributed by atoms with Crippen LogP contribution in [0.4, 0.5) is 5.69 Å². The maximum atomic E-state index is 10.5. The molecule has 90 valence electrons. The third-order valence-corrected chi connectivity index (χ3v) is 2.20. The van der Waals surface area contributed by atoms with Crippen LogP contribution in [0.5, 0.6) is 0 Å². The van der Waals surface area contributed by atoms with Gasteiger partial charge < -0.3 is 15.2 Å². The quantitative estimate of drug-likeness (QED) is 0.759. The van der Waals surface area contributed by atoms with Gasteiger partial charge in [-0.3, -0.25) is 9.78 Å². The van der Waals surface area contributed by atoms with E-state index in [1.165, 1.54) is 19.5 Å². The Hall–Kier alpha value is -2.13. The number of methoxy groups -OCH3 is 1. The van der Waals surface area contributed by atoms with E-state index in [4.69, 9.17) is 15.1 Å². The van der Waals surface area contributed by atoms with Crippen molar-refractivity contribution in [1.29, 1.82) is 5.26 Å². The highest BCUT2D eigenvalue weighted by molar-refractivity contribution is 5.67. The number of carbonyl (C=O) groups is 1. The zero-order valence-corrected chi connectivity index (χ0v) is 9.38. The van der Waals surface area contributed by atoms with Crippen molar-refractivity contribution in [2.45, 2.75) is 12.5 Å². The van der Waals surface area contributed by atoms with Crippen LogP contribution in [-0.4, -0.2) is 35.8 Å². The fourth-order valence-corrected chi connectivity index (χ4v) is 1.29. The van der Waals surface area contributed by atoms with Crippen molar-refractivity contribution >= 4 is 11.7 Å². The maximum absolute atomic E-state index is 10.5. The van der Waals surface area contributed by atoms with Crippen molar-refractivity contribution in [1.82, 2.24) is 4.98 Å². The number of aromatic nitrogens is 1. The highest BCUT2D eigenvalue weighted by Crippen LogP contribution is 2.12. The van der Waals surface area contributed by atoms with Crippen LogP contribution in [-0.2, 0) is 9.53 Å². The largest absolute Gasteiger partial charge is 0.481 e. The van der Waals surface area contributed by atoms with Crippen molar-refractivity contribution < 1.29 is 14.6 Å². The van der Waals surface area contributed by atoms with E-state index in [0.29, 0.717) is 17.8 Å². The molecule has 0 aliphatic rings. The maximum Gasteiger partial charge on any atom is 0.306 e. The Labute approximate surface area is 98.9 Å². The van der Waals surface area contributed by atoms with E-state index < -0.39 is 12.1 Å². The molecule has 0 bridgehead atoms. The van der Waals surface area contributed by atoms with E-state index in [-0.39, 0.29) is 6.42 Å². The van der Waals surface area contributed by atoms with Crippen molar-refractivity contribution in [2.24, 2.45) is 0 Å². The predicted octanol–water partition coefficient (Wildman–Crippen LogP) is 0.855. The van der Waals surface area contributed by atoms with Gasteiger partial charge in [0.1, 0.15) is 6.07 Å². The molecule has 0 saturated carbocycles. The summed E-state index contributed by atoms with van der Waals surface area (Å²) < 4.78 is 5.01. The fraction of sp³-hybridized carbons (Fsp3) is 0.364. The Balaban J connectivity index is 2.60. The van der Waals surface area contributed by atoms with Crippen LogP contribution in [0.1, 0.15) is 12.0 Å². The normalized spacial score (nSPS) is 11.5. The van der Waals surface area contributed by atoms with E-state index in [9.17, 15) is 4.79 Å². The average Bonchev–Trinajstić information content (AvgIpc) is 2.34. The van der Waals surface area contributed by atoms with Crippen molar-refractivity contribution in [3.63, 3.8) is 0 Å². The Morgan fingerprint density at radius 3 is 3.12 bits per heavy atom. The molecule has 0 spiro atoms. The number of rotatable bonds is 6. The number of aliphatic carboxylic acids is 1. The minimum absolute atomic E-state index is 0.0916. The summed E-state index contributed by atoms with van der Waals surface area (Å²) in [7, 11) is 1.45. The molecule has 6 nitrogen and oxygen atoms in total. The molecular formula is C11H13N3O3. The third-order valence-electron chi connectivity index (χ3n) is 2.20. The smallest absolute Gasteiger partial charge is 0.306 e. The molecule has 1 rings (SSSR count). The topological polar surface area (TPSA) is 95.2 Å². The molecule has 1 aromatic heterocycles. The minimum atomic E-state index is -0.926. The van der Waals surface area contributed by atoms with Gasteiger partial charge in [-0.25, -0.2) is 0 Å². The van der Waals surface area contributed by atoms with Gasteiger partial charge in [0.15, 0.2) is 0 Å². The second kappa shape index (κ2) is 6.45. The first kappa shape index (κ1) is 12.9. The number of nitrogens with zero attached hydrogens (tertiary/aromatic N) is 2. The van der Waals surface area contributed by atoms with Gasteiger partial charge in [-0.05, 0) is 6.07 Å². The minimum Gasteiger partial charge on any atom is -0.481 e. The predicted molar refractivity (Wildman–Crippen MR) is 60.5 cm³/mol.